The molecule has 2 rings (SSSR count). The highest BCUT2D eigenvalue weighted by Crippen LogP contribution is 2.19. The maximum absolute atomic E-state index is 12.2. The van der Waals surface area contributed by atoms with Crippen molar-refractivity contribution in [1.29, 1.82) is 0 Å². The Morgan fingerprint density at radius 3 is 2.62 bits per heavy atom. The minimum Gasteiger partial charge on any atom is -0.478 e. The lowest BCUT2D eigenvalue weighted by Crippen LogP contribution is -2.23. The molecule has 0 fully saturated rings. The Hall–Kier alpha value is -2.27. The predicted molar refractivity (Wildman–Crippen MR) is 82.8 cm³/mol. The number of thioether (sulfide) groups is 1. The van der Waals surface area contributed by atoms with Gasteiger partial charge in [0.25, 0.3) is 5.91 Å². The van der Waals surface area contributed by atoms with Crippen LogP contribution < -0.4 is 5.32 Å². The van der Waals surface area contributed by atoms with Crippen molar-refractivity contribution in [2.24, 2.45) is 0 Å². The lowest BCUT2D eigenvalue weighted by molar-refractivity contribution is 0.0696. The van der Waals surface area contributed by atoms with Gasteiger partial charge in [0.1, 0.15) is 0 Å². The Morgan fingerprint density at radius 1 is 1.14 bits per heavy atom. The van der Waals surface area contributed by atoms with Crippen LogP contribution in [-0.2, 0) is 6.54 Å². The lowest BCUT2D eigenvalue weighted by Gasteiger charge is -2.09. The van der Waals surface area contributed by atoms with E-state index >= 15 is 0 Å². The summed E-state index contributed by atoms with van der Waals surface area (Å²) in [5.74, 6) is -1.14. The van der Waals surface area contributed by atoms with Crippen LogP contribution in [0.5, 0.6) is 0 Å². The van der Waals surface area contributed by atoms with Crippen LogP contribution in [0.15, 0.2) is 53.4 Å². The monoisotopic (exact) mass is 301 g/mol. The Bertz CT molecular complexity index is 670. The number of nitrogens with one attached hydrogen (secondary N) is 1. The first-order valence-corrected chi connectivity index (χ1v) is 7.57. The minimum atomic E-state index is -0.976. The molecule has 0 saturated heterocycles. The van der Waals surface area contributed by atoms with Crippen LogP contribution in [0.1, 0.15) is 26.3 Å². The maximum atomic E-state index is 12.2. The van der Waals surface area contributed by atoms with E-state index in [1.165, 1.54) is 17.8 Å². The van der Waals surface area contributed by atoms with E-state index in [1.807, 2.05) is 24.5 Å². The van der Waals surface area contributed by atoms with E-state index in [4.69, 9.17) is 5.11 Å². The number of hydrogen-bond donors (Lipinski definition) is 2. The summed E-state index contributed by atoms with van der Waals surface area (Å²) >= 11 is 1.51. The van der Waals surface area contributed by atoms with Gasteiger partial charge in [-0.1, -0.05) is 24.3 Å². The van der Waals surface area contributed by atoms with Gasteiger partial charge in [0.05, 0.1) is 11.1 Å². The van der Waals surface area contributed by atoms with Crippen LogP contribution in [0.4, 0.5) is 0 Å². The summed E-state index contributed by atoms with van der Waals surface area (Å²) in [6.07, 6.45) is 1.92. The number of rotatable bonds is 5. The van der Waals surface area contributed by atoms with Gasteiger partial charge in [-0.25, -0.2) is 4.79 Å². The highest BCUT2D eigenvalue weighted by Gasteiger charge is 2.10. The van der Waals surface area contributed by atoms with Crippen molar-refractivity contribution in [2.75, 3.05) is 6.26 Å². The second-order valence-electron chi connectivity index (χ2n) is 4.39. The molecular formula is C16H15NO3S. The summed E-state index contributed by atoms with van der Waals surface area (Å²) in [5, 5.41) is 11.8. The van der Waals surface area contributed by atoms with Gasteiger partial charge in [-0.3, -0.25) is 4.79 Å². The number of carbonyl (C=O) groups excluding carboxylic acids is 1. The third kappa shape index (κ3) is 3.86. The predicted octanol–water partition coefficient (Wildman–Crippen LogP) is 3.04. The number of carboxylic acids is 1. The SMILES string of the molecule is CSc1ccccc1C(=O)NCc1cccc(C(=O)O)c1. The second-order valence-corrected chi connectivity index (χ2v) is 5.24. The maximum Gasteiger partial charge on any atom is 0.335 e. The average molecular weight is 301 g/mol. The van der Waals surface area contributed by atoms with E-state index < -0.39 is 5.97 Å². The largest absolute Gasteiger partial charge is 0.478 e. The van der Waals surface area contributed by atoms with Crippen LogP contribution in [0.3, 0.4) is 0 Å². The topological polar surface area (TPSA) is 66.4 Å². The number of hydrogen-bond acceptors (Lipinski definition) is 3. The highest BCUT2D eigenvalue weighted by molar-refractivity contribution is 7.98. The third-order valence-electron chi connectivity index (χ3n) is 2.98. The molecule has 0 unspecified atom stereocenters. The Morgan fingerprint density at radius 2 is 1.90 bits per heavy atom. The second kappa shape index (κ2) is 6.95. The molecule has 21 heavy (non-hydrogen) atoms. The molecule has 2 aromatic rings. The van der Waals surface area contributed by atoms with Gasteiger partial charge in [-0.05, 0) is 36.1 Å². The van der Waals surface area contributed by atoms with Crippen molar-refractivity contribution >= 4 is 23.6 Å². The van der Waals surface area contributed by atoms with Crippen LogP contribution in [-0.4, -0.2) is 23.2 Å². The summed E-state index contributed by atoms with van der Waals surface area (Å²) in [6, 6.07) is 13.9. The van der Waals surface area contributed by atoms with Crippen molar-refractivity contribution in [3.63, 3.8) is 0 Å². The molecule has 108 valence electrons. The molecule has 0 heterocycles. The normalized spacial score (nSPS) is 10.1. The van der Waals surface area contributed by atoms with Crippen molar-refractivity contribution in [3.05, 3.63) is 65.2 Å². The number of carbonyl (C=O) groups is 2. The molecule has 0 aliphatic rings. The molecule has 4 nitrogen and oxygen atoms in total. The van der Waals surface area contributed by atoms with Gasteiger partial charge in [0.2, 0.25) is 0 Å². The Balaban J connectivity index is 2.07. The summed E-state index contributed by atoms with van der Waals surface area (Å²) in [7, 11) is 0. The van der Waals surface area contributed by atoms with Crippen LogP contribution in [0, 0.1) is 0 Å². The summed E-state index contributed by atoms with van der Waals surface area (Å²) < 4.78 is 0. The van der Waals surface area contributed by atoms with Gasteiger partial charge >= 0.3 is 5.97 Å². The first-order chi connectivity index (χ1) is 10.1. The molecule has 0 saturated carbocycles. The summed E-state index contributed by atoms with van der Waals surface area (Å²) in [6.45, 7) is 0.294. The number of aromatic carboxylic acids is 1. The molecule has 0 aliphatic carbocycles. The zero-order chi connectivity index (χ0) is 15.2. The van der Waals surface area contributed by atoms with Gasteiger partial charge in [0, 0.05) is 11.4 Å². The first-order valence-electron chi connectivity index (χ1n) is 6.35. The Labute approximate surface area is 127 Å². The molecule has 2 aromatic carbocycles. The molecule has 0 spiro atoms. The van der Waals surface area contributed by atoms with Crippen LogP contribution in [0.2, 0.25) is 0 Å². The highest BCUT2D eigenvalue weighted by atomic mass is 32.2. The van der Waals surface area contributed by atoms with Gasteiger partial charge in [-0.2, -0.15) is 0 Å². The fourth-order valence-corrected chi connectivity index (χ4v) is 2.52. The Kier molecular flexibility index (Phi) is 5.00. The molecule has 1 amide bonds. The first kappa shape index (κ1) is 15.1. The van der Waals surface area contributed by atoms with Crippen LogP contribution in [0.25, 0.3) is 0 Å². The minimum absolute atomic E-state index is 0.166. The number of benzene rings is 2. The zero-order valence-electron chi connectivity index (χ0n) is 11.5. The fourth-order valence-electron chi connectivity index (χ4n) is 1.92. The van der Waals surface area contributed by atoms with Gasteiger partial charge in [0.15, 0.2) is 0 Å². The summed E-state index contributed by atoms with van der Waals surface area (Å²) in [4.78, 5) is 24.0. The van der Waals surface area contributed by atoms with E-state index in [0.29, 0.717) is 12.1 Å². The van der Waals surface area contributed by atoms with E-state index in [-0.39, 0.29) is 11.5 Å². The van der Waals surface area contributed by atoms with E-state index in [2.05, 4.69) is 5.32 Å². The van der Waals surface area contributed by atoms with Gasteiger partial charge in [-0.15, -0.1) is 11.8 Å². The zero-order valence-corrected chi connectivity index (χ0v) is 12.3. The molecule has 2 N–H and O–H groups in total. The van der Waals surface area contributed by atoms with Crippen molar-refractivity contribution in [3.8, 4) is 0 Å². The lowest BCUT2D eigenvalue weighted by atomic mass is 10.1. The smallest absolute Gasteiger partial charge is 0.335 e. The molecule has 5 heteroatoms. The van der Waals surface area contributed by atoms with Crippen molar-refractivity contribution in [1.82, 2.24) is 5.32 Å². The van der Waals surface area contributed by atoms with E-state index in [0.717, 1.165) is 10.5 Å². The summed E-state index contributed by atoms with van der Waals surface area (Å²) in [5.41, 5.74) is 1.59. The molecule has 0 bridgehead atoms. The third-order valence-corrected chi connectivity index (χ3v) is 3.77. The molecule has 0 aliphatic heterocycles. The average Bonchev–Trinajstić information content (AvgIpc) is 2.52. The van der Waals surface area contributed by atoms with E-state index in [1.54, 1.807) is 24.3 Å². The fraction of sp³-hybridized carbons (Fsp3) is 0.125. The molecular weight excluding hydrogens is 286 g/mol. The molecule has 0 radical (unpaired) electrons. The molecule has 0 atom stereocenters. The number of carboxylic acid groups (broad SMARTS) is 1. The molecule has 0 aromatic heterocycles. The van der Waals surface area contributed by atoms with Crippen molar-refractivity contribution in [2.45, 2.75) is 11.4 Å². The number of amides is 1. The standard InChI is InChI=1S/C16H15NO3S/c1-21-14-8-3-2-7-13(14)15(18)17-10-11-5-4-6-12(9-11)16(19)20/h2-9H,10H2,1H3,(H,17,18)(H,19,20). The quantitative estimate of drug-likeness (QED) is 0.833. The van der Waals surface area contributed by atoms with E-state index in [9.17, 15) is 9.59 Å². The van der Waals surface area contributed by atoms with Gasteiger partial charge < -0.3 is 10.4 Å². The van der Waals surface area contributed by atoms with Crippen LogP contribution >= 0.6 is 11.8 Å². The van der Waals surface area contributed by atoms with Crippen molar-refractivity contribution < 1.29 is 14.7 Å².